The molecule has 0 aliphatic heterocycles. The van der Waals surface area contributed by atoms with Crippen molar-refractivity contribution in [2.75, 3.05) is 5.75 Å². The maximum atomic E-state index is 10.9. The molecule has 0 atom stereocenters. The first kappa shape index (κ1) is 8.81. The molecule has 1 aliphatic carbocycles. The number of rotatable bonds is 3. The Labute approximate surface area is 75.6 Å². The van der Waals surface area contributed by atoms with Crippen LogP contribution >= 0.6 is 35.1 Å². The van der Waals surface area contributed by atoms with Gasteiger partial charge in [-0.3, -0.25) is 4.79 Å². The smallest absolute Gasteiger partial charge is 0.199 e. The Morgan fingerprint density at radius 1 is 1.60 bits per heavy atom. The van der Waals surface area contributed by atoms with E-state index < -0.39 is 0 Å². The van der Waals surface area contributed by atoms with Crippen LogP contribution in [-0.4, -0.2) is 10.9 Å². The van der Waals surface area contributed by atoms with Gasteiger partial charge in [-0.2, -0.15) is 12.6 Å². The van der Waals surface area contributed by atoms with Crippen LogP contribution in [0.4, 0.5) is 0 Å². The first-order valence-corrected chi connectivity index (χ1v) is 5.68. The van der Waals surface area contributed by atoms with Gasteiger partial charge in [-0.25, -0.2) is 0 Å². The molecule has 0 heterocycles. The minimum absolute atomic E-state index is 0.176. The summed E-state index contributed by atoms with van der Waals surface area (Å²) < 4.78 is 0. The highest BCUT2D eigenvalue weighted by Crippen LogP contribution is 2.50. The van der Waals surface area contributed by atoms with Gasteiger partial charge < -0.3 is 0 Å². The molecule has 0 aromatic heterocycles. The summed E-state index contributed by atoms with van der Waals surface area (Å²) >= 11 is 8.03. The van der Waals surface area contributed by atoms with E-state index in [2.05, 4.69) is 24.3 Å². The highest BCUT2D eigenvalue weighted by molar-refractivity contribution is 8.74. The molecule has 0 bridgehead atoms. The molecule has 0 amide bonds. The third-order valence-corrected chi connectivity index (χ3v) is 3.54. The van der Waals surface area contributed by atoms with Crippen LogP contribution in [0.1, 0.15) is 19.3 Å². The standard InChI is InChI=1S/C6H10OS3/c7-5(10-9)3-6(4-8)1-2-6/h8-9H,1-4H2. The normalized spacial score (nSPS) is 20.6. The summed E-state index contributed by atoms with van der Waals surface area (Å²) in [6.45, 7) is 0. The van der Waals surface area contributed by atoms with Crippen LogP contribution in [0.15, 0.2) is 0 Å². The van der Waals surface area contributed by atoms with Crippen LogP contribution < -0.4 is 0 Å². The van der Waals surface area contributed by atoms with Gasteiger partial charge in [-0.05, 0) is 34.8 Å². The van der Waals surface area contributed by atoms with E-state index in [0.717, 1.165) is 29.4 Å². The molecule has 0 aromatic carbocycles. The molecular weight excluding hydrogens is 184 g/mol. The molecule has 58 valence electrons. The lowest BCUT2D eigenvalue weighted by Crippen LogP contribution is -2.06. The van der Waals surface area contributed by atoms with Gasteiger partial charge in [0.05, 0.1) is 0 Å². The molecule has 10 heavy (non-hydrogen) atoms. The quantitative estimate of drug-likeness (QED) is 0.529. The predicted molar refractivity (Wildman–Crippen MR) is 51.7 cm³/mol. The molecule has 0 unspecified atom stereocenters. The van der Waals surface area contributed by atoms with Crippen molar-refractivity contribution in [1.82, 2.24) is 0 Å². The molecule has 1 aliphatic rings. The average molecular weight is 194 g/mol. The van der Waals surface area contributed by atoms with Gasteiger partial charge in [0.2, 0.25) is 0 Å². The summed E-state index contributed by atoms with van der Waals surface area (Å²) in [4.78, 5) is 10.9. The second-order valence-corrected chi connectivity index (χ2v) is 4.30. The Bertz CT molecular complexity index is 142. The van der Waals surface area contributed by atoms with Crippen molar-refractivity contribution in [2.45, 2.75) is 19.3 Å². The van der Waals surface area contributed by atoms with Crippen molar-refractivity contribution in [3.8, 4) is 0 Å². The lowest BCUT2D eigenvalue weighted by molar-refractivity contribution is -0.111. The van der Waals surface area contributed by atoms with Gasteiger partial charge in [0.25, 0.3) is 0 Å². The van der Waals surface area contributed by atoms with E-state index in [1.165, 1.54) is 0 Å². The summed E-state index contributed by atoms with van der Waals surface area (Å²) in [5.74, 6) is 0.840. The highest BCUT2D eigenvalue weighted by Gasteiger charge is 2.42. The van der Waals surface area contributed by atoms with E-state index in [9.17, 15) is 4.79 Å². The van der Waals surface area contributed by atoms with Crippen LogP contribution in [0.2, 0.25) is 0 Å². The van der Waals surface area contributed by atoms with Gasteiger partial charge in [-0.1, -0.05) is 0 Å². The summed E-state index contributed by atoms with van der Waals surface area (Å²) in [6, 6.07) is 0. The first-order chi connectivity index (χ1) is 4.72. The Balaban J connectivity index is 2.30. The number of carbonyl (C=O) groups excluding carboxylic acids is 1. The van der Waals surface area contributed by atoms with E-state index in [1.54, 1.807) is 0 Å². The average Bonchev–Trinajstić information content (AvgIpc) is 2.70. The van der Waals surface area contributed by atoms with E-state index in [4.69, 9.17) is 0 Å². The zero-order chi connectivity index (χ0) is 7.61. The van der Waals surface area contributed by atoms with Gasteiger partial charge in [-0.15, -0.1) is 11.7 Å². The third kappa shape index (κ3) is 2.10. The highest BCUT2D eigenvalue weighted by atomic mass is 33.1. The largest absolute Gasteiger partial charge is 0.286 e. The SMILES string of the molecule is O=C(CC1(CS)CC1)SS. The molecule has 0 saturated heterocycles. The van der Waals surface area contributed by atoms with Crippen LogP contribution in [0.25, 0.3) is 0 Å². The fourth-order valence-electron chi connectivity index (χ4n) is 0.906. The molecular formula is C6H10OS3. The number of carbonyl (C=O) groups is 1. The zero-order valence-electron chi connectivity index (χ0n) is 5.54. The zero-order valence-corrected chi connectivity index (χ0v) is 8.14. The van der Waals surface area contributed by atoms with E-state index >= 15 is 0 Å². The molecule has 1 rings (SSSR count). The van der Waals surface area contributed by atoms with Crippen molar-refractivity contribution < 1.29 is 4.79 Å². The maximum absolute atomic E-state index is 10.9. The summed E-state index contributed by atoms with van der Waals surface area (Å²) in [5.41, 5.74) is 0.260. The molecule has 1 fully saturated rings. The van der Waals surface area contributed by atoms with Crippen molar-refractivity contribution in [3.05, 3.63) is 0 Å². The lowest BCUT2D eigenvalue weighted by Gasteiger charge is -2.07. The van der Waals surface area contributed by atoms with Crippen LogP contribution in [0, 0.1) is 5.41 Å². The van der Waals surface area contributed by atoms with Gasteiger partial charge in [0.1, 0.15) is 0 Å². The topological polar surface area (TPSA) is 17.1 Å². The van der Waals surface area contributed by atoms with Gasteiger partial charge in [0.15, 0.2) is 5.12 Å². The predicted octanol–water partition coefficient (Wildman–Crippen LogP) is 2.19. The number of hydrogen-bond donors (Lipinski definition) is 2. The first-order valence-electron chi connectivity index (χ1n) is 3.17. The van der Waals surface area contributed by atoms with Crippen LogP contribution in [0.3, 0.4) is 0 Å². The van der Waals surface area contributed by atoms with Crippen LogP contribution in [0.5, 0.6) is 0 Å². The molecule has 1 saturated carbocycles. The van der Waals surface area contributed by atoms with Crippen LogP contribution in [-0.2, 0) is 4.79 Å². The Morgan fingerprint density at radius 3 is 2.50 bits per heavy atom. The number of hydrogen-bond acceptors (Lipinski definition) is 4. The summed E-state index contributed by atoms with van der Waals surface area (Å²) in [6.07, 6.45) is 2.98. The van der Waals surface area contributed by atoms with Crippen molar-refractivity contribution in [1.29, 1.82) is 0 Å². The van der Waals surface area contributed by atoms with E-state index in [1.807, 2.05) is 0 Å². The fraction of sp³-hybridized carbons (Fsp3) is 0.833. The minimum atomic E-state index is 0.176. The minimum Gasteiger partial charge on any atom is -0.286 e. The van der Waals surface area contributed by atoms with Crippen molar-refractivity contribution >= 4 is 40.2 Å². The molecule has 0 spiro atoms. The molecule has 4 heteroatoms. The Hall–Kier alpha value is 0.720. The van der Waals surface area contributed by atoms with Crippen molar-refractivity contribution in [2.24, 2.45) is 5.41 Å². The second kappa shape index (κ2) is 3.41. The Kier molecular flexibility index (Phi) is 3.01. The van der Waals surface area contributed by atoms with E-state index in [0.29, 0.717) is 6.42 Å². The van der Waals surface area contributed by atoms with Crippen molar-refractivity contribution in [3.63, 3.8) is 0 Å². The lowest BCUT2D eigenvalue weighted by atomic mass is 10.1. The molecule has 0 N–H and O–H groups in total. The Morgan fingerprint density at radius 2 is 2.20 bits per heavy atom. The molecule has 0 aromatic rings. The monoisotopic (exact) mass is 194 g/mol. The van der Waals surface area contributed by atoms with Gasteiger partial charge >= 0.3 is 0 Å². The second-order valence-electron chi connectivity index (χ2n) is 2.80. The number of thiol groups is 2. The maximum Gasteiger partial charge on any atom is 0.199 e. The van der Waals surface area contributed by atoms with E-state index in [-0.39, 0.29) is 10.5 Å². The summed E-state index contributed by atoms with van der Waals surface area (Å²) in [5, 5.41) is 0.176. The molecule has 1 nitrogen and oxygen atoms in total. The fourth-order valence-corrected chi connectivity index (χ4v) is 1.90. The third-order valence-electron chi connectivity index (χ3n) is 1.91. The summed E-state index contributed by atoms with van der Waals surface area (Å²) in [7, 11) is 1.03. The van der Waals surface area contributed by atoms with Gasteiger partial charge in [0, 0.05) is 6.42 Å². The molecule has 0 radical (unpaired) electrons.